The molecule has 0 saturated carbocycles. The van der Waals surface area contributed by atoms with Crippen molar-refractivity contribution in [2.75, 3.05) is 59.2 Å². The molecule has 150 valence electrons. The van der Waals surface area contributed by atoms with Crippen LogP contribution in [0.25, 0.3) is 0 Å². The molecule has 0 unspecified atom stereocenters. The second-order valence-corrected chi connectivity index (χ2v) is 8.31. The van der Waals surface area contributed by atoms with Crippen molar-refractivity contribution < 1.29 is 9.47 Å². The fourth-order valence-electron chi connectivity index (χ4n) is 4.89. The minimum atomic E-state index is 0.497. The molecule has 3 fully saturated rings. The summed E-state index contributed by atoms with van der Waals surface area (Å²) in [4.78, 5) is 5.25. The smallest absolute Gasteiger partial charge is 0.0594 e. The molecule has 3 aliphatic rings. The predicted octanol–water partition coefficient (Wildman–Crippen LogP) is 2.15. The first-order valence-electron chi connectivity index (χ1n) is 10.7. The molecule has 0 amide bonds. The molecule has 1 aromatic carbocycles. The first-order valence-corrected chi connectivity index (χ1v) is 10.7. The maximum absolute atomic E-state index is 5.70. The number of benzene rings is 1. The van der Waals surface area contributed by atoms with E-state index in [0.717, 1.165) is 52.6 Å². The van der Waals surface area contributed by atoms with Crippen LogP contribution in [0.4, 0.5) is 0 Å². The number of likely N-dealkylation sites (tertiary alicyclic amines) is 1. The predicted molar refractivity (Wildman–Crippen MR) is 108 cm³/mol. The summed E-state index contributed by atoms with van der Waals surface area (Å²) in [7, 11) is 0. The van der Waals surface area contributed by atoms with Crippen molar-refractivity contribution in [3.05, 3.63) is 35.9 Å². The normalized spacial score (nSPS) is 29.8. The lowest BCUT2D eigenvalue weighted by Gasteiger charge is -2.38. The van der Waals surface area contributed by atoms with Gasteiger partial charge in [-0.05, 0) is 25.3 Å². The summed E-state index contributed by atoms with van der Waals surface area (Å²) in [6.45, 7) is 11.5. The summed E-state index contributed by atoms with van der Waals surface area (Å²) < 4.78 is 11.3. The molecule has 5 heteroatoms. The van der Waals surface area contributed by atoms with Crippen LogP contribution in [0.1, 0.15) is 31.4 Å². The van der Waals surface area contributed by atoms with Crippen LogP contribution in [0.15, 0.2) is 30.3 Å². The molecule has 0 radical (unpaired) electrons. The number of hydrogen-bond donors (Lipinski definition) is 1. The highest BCUT2D eigenvalue weighted by molar-refractivity contribution is 5.18. The van der Waals surface area contributed by atoms with Crippen LogP contribution in [0.3, 0.4) is 0 Å². The van der Waals surface area contributed by atoms with E-state index in [9.17, 15) is 0 Å². The minimum absolute atomic E-state index is 0.497. The van der Waals surface area contributed by atoms with E-state index in [1.54, 1.807) is 0 Å². The third-order valence-electron chi connectivity index (χ3n) is 6.69. The lowest BCUT2D eigenvalue weighted by Crippen LogP contribution is -2.53. The molecule has 0 aromatic heterocycles. The summed E-state index contributed by atoms with van der Waals surface area (Å²) in [5.74, 6) is 0.663. The van der Waals surface area contributed by atoms with Crippen molar-refractivity contribution in [2.24, 2.45) is 5.92 Å². The van der Waals surface area contributed by atoms with E-state index < -0.39 is 0 Å². The highest BCUT2D eigenvalue weighted by atomic mass is 16.5. The molecule has 1 aromatic rings. The van der Waals surface area contributed by atoms with Crippen LogP contribution < -0.4 is 5.32 Å². The zero-order chi connectivity index (χ0) is 18.5. The molecule has 3 saturated heterocycles. The Morgan fingerprint density at radius 1 is 1.00 bits per heavy atom. The number of morpholine rings is 1. The van der Waals surface area contributed by atoms with Gasteiger partial charge in [-0.1, -0.05) is 30.3 Å². The van der Waals surface area contributed by atoms with Gasteiger partial charge in [-0.3, -0.25) is 9.80 Å². The minimum Gasteiger partial charge on any atom is -0.381 e. The zero-order valence-electron chi connectivity index (χ0n) is 16.7. The molecule has 3 aliphatic heterocycles. The molecule has 27 heavy (non-hydrogen) atoms. The average molecular weight is 374 g/mol. The number of rotatable bonds is 7. The molecule has 4 rings (SSSR count). The summed E-state index contributed by atoms with van der Waals surface area (Å²) in [5, 5.41) is 3.91. The lowest BCUT2D eigenvalue weighted by atomic mass is 9.96. The molecule has 4 atom stereocenters. The third kappa shape index (κ3) is 4.90. The molecular weight excluding hydrogens is 338 g/mol. The Balaban J connectivity index is 1.30. The van der Waals surface area contributed by atoms with Gasteiger partial charge in [-0.15, -0.1) is 0 Å². The van der Waals surface area contributed by atoms with Gasteiger partial charge < -0.3 is 14.8 Å². The molecule has 0 aliphatic carbocycles. The molecular formula is C22H35N3O2. The van der Waals surface area contributed by atoms with Crippen LogP contribution in [-0.2, 0) is 9.47 Å². The Kier molecular flexibility index (Phi) is 6.79. The van der Waals surface area contributed by atoms with Crippen molar-refractivity contribution in [3.8, 4) is 0 Å². The summed E-state index contributed by atoms with van der Waals surface area (Å²) >= 11 is 0. The molecule has 0 bridgehead atoms. The van der Waals surface area contributed by atoms with Crippen molar-refractivity contribution in [1.29, 1.82) is 0 Å². The monoisotopic (exact) mass is 373 g/mol. The highest BCUT2D eigenvalue weighted by Gasteiger charge is 2.33. The second kappa shape index (κ2) is 9.48. The van der Waals surface area contributed by atoms with Gasteiger partial charge in [-0.2, -0.15) is 0 Å². The van der Waals surface area contributed by atoms with Gasteiger partial charge in [-0.25, -0.2) is 0 Å². The quantitative estimate of drug-likeness (QED) is 0.793. The number of nitrogens with one attached hydrogen (secondary N) is 1. The Morgan fingerprint density at radius 3 is 2.56 bits per heavy atom. The van der Waals surface area contributed by atoms with Gasteiger partial charge in [0.05, 0.1) is 19.8 Å². The van der Waals surface area contributed by atoms with Gasteiger partial charge in [0.1, 0.15) is 0 Å². The van der Waals surface area contributed by atoms with Gasteiger partial charge >= 0.3 is 0 Å². The van der Waals surface area contributed by atoms with E-state index in [1.165, 1.54) is 24.9 Å². The topological polar surface area (TPSA) is 37.0 Å². The number of nitrogens with zero attached hydrogens (tertiary/aromatic N) is 2. The molecule has 1 N–H and O–H groups in total. The molecule has 0 spiro atoms. The van der Waals surface area contributed by atoms with Gasteiger partial charge in [0.25, 0.3) is 0 Å². The van der Waals surface area contributed by atoms with Crippen LogP contribution >= 0.6 is 0 Å². The van der Waals surface area contributed by atoms with E-state index in [4.69, 9.17) is 9.47 Å². The maximum Gasteiger partial charge on any atom is 0.0594 e. The highest BCUT2D eigenvalue weighted by Crippen LogP contribution is 2.26. The zero-order valence-corrected chi connectivity index (χ0v) is 16.7. The Morgan fingerprint density at radius 2 is 1.81 bits per heavy atom. The fourth-order valence-corrected chi connectivity index (χ4v) is 4.89. The third-order valence-corrected chi connectivity index (χ3v) is 6.69. The van der Waals surface area contributed by atoms with Crippen LogP contribution in [0.2, 0.25) is 0 Å². The van der Waals surface area contributed by atoms with Crippen LogP contribution in [0.5, 0.6) is 0 Å². The maximum atomic E-state index is 5.70. The largest absolute Gasteiger partial charge is 0.381 e. The van der Waals surface area contributed by atoms with E-state index >= 15 is 0 Å². The van der Waals surface area contributed by atoms with Gasteiger partial charge in [0.2, 0.25) is 0 Å². The van der Waals surface area contributed by atoms with E-state index in [2.05, 4.69) is 52.4 Å². The lowest BCUT2D eigenvalue weighted by molar-refractivity contribution is 0.000855. The van der Waals surface area contributed by atoms with Crippen molar-refractivity contribution >= 4 is 0 Å². The summed E-state index contributed by atoms with van der Waals surface area (Å²) in [6.07, 6.45) is 2.44. The van der Waals surface area contributed by atoms with E-state index in [-0.39, 0.29) is 0 Å². The molecule has 5 nitrogen and oxygen atoms in total. The fraction of sp³-hybridized carbons (Fsp3) is 0.727. The summed E-state index contributed by atoms with van der Waals surface area (Å²) in [6, 6.07) is 12.6. The van der Waals surface area contributed by atoms with Crippen LogP contribution in [0, 0.1) is 5.92 Å². The Hall–Kier alpha value is -0.980. The van der Waals surface area contributed by atoms with Crippen LogP contribution in [-0.4, -0.2) is 81.0 Å². The van der Waals surface area contributed by atoms with Crippen molar-refractivity contribution in [3.63, 3.8) is 0 Å². The van der Waals surface area contributed by atoms with Gasteiger partial charge in [0.15, 0.2) is 0 Å². The number of hydrogen-bond acceptors (Lipinski definition) is 5. The summed E-state index contributed by atoms with van der Waals surface area (Å²) in [5.41, 5.74) is 1.42. The molecule has 3 heterocycles. The Labute approximate surface area is 164 Å². The standard InChI is InChI=1S/C22H35N3O2/c1-18(19-5-3-2-4-6-19)25-9-7-21(16-25)23-15-22(20-8-12-27-17-20)24-10-13-26-14-11-24/h2-6,18,20-23H,7-17H2,1H3/t18-,20-,21+,22-/m1/s1. The first kappa shape index (κ1) is 19.3. The second-order valence-electron chi connectivity index (χ2n) is 8.31. The first-order chi connectivity index (χ1) is 13.3. The number of ether oxygens (including phenoxy) is 2. The van der Waals surface area contributed by atoms with E-state index in [1.807, 2.05) is 0 Å². The average Bonchev–Trinajstić information content (AvgIpc) is 3.42. The van der Waals surface area contributed by atoms with Crippen molar-refractivity contribution in [1.82, 2.24) is 15.1 Å². The Bertz CT molecular complexity index is 558. The van der Waals surface area contributed by atoms with Crippen molar-refractivity contribution in [2.45, 2.75) is 37.9 Å². The van der Waals surface area contributed by atoms with E-state index in [0.29, 0.717) is 24.0 Å². The van der Waals surface area contributed by atoms with Gasteiger partial charge in [0, 0.05) is 63.4 Å². The SMILES string of the molecule is C[C@H](c1ccccc1)N1CC[C@H](NC[C@H]([C@@H]2CCOC2)N2CCOCC2)C1.